The Bertz CT molecular complexity index is 686. The van der Waals surface area contributed by atoms with Crippen LogP contribution in [0.25, 0.3) is 11.0 Å². The van der Waals surface area contributed by atoms with Crippen LogP contribution in [0.5, 0.6) is 0 Å². The molecule has 0 saturated carbocycles. The lowest BCUT2D eigenvalue weighted by Gasteiger charge is -2.05. The van der Waals surface area contributed by atoms with Gasteiger partial charge in [-0.05, 0) is 30.3 Å². The second kappa shape index (κ2) is 4.10. The molecule has 0 atom stereocenters. The third-order valence-corrected chi connectivity index (χ3v) is 2.54. The minimum absolute atomic E-state index is 0.325. The molecule has 1 aromatic carbocycles. The number of hydrogen-bond acceptors (Lipinski definition) is 2. The summed E-state index contributed by atoms with van der Waals surface area (Å²) in [6.07, 6.45) is 1.78. The molecule has 0 bridgehead atoms. The molecular weight excluding hydrogens is 236 g/mol. The van der Waals surface area contributed by atoms with Gasteiger partial charge in [0.25, 0.3) is 0 Å². The first-order chi connectivity index (χ1) is 8.70. The minimum Gasteiger partial charge on any atom is -0.346 e. The van der Waals surface area contributed by atoms with Crippen LogP contribution in [0.3, 0.4) is 0 Å². The lowest BCUT2D eigenvalue weighted by Crippen LogP contribution is -1.95. The molecule has 2 N–H and O–H groups in total. The first-order valence-electron chi connectivity index (χ1n) is 5.38. The molecule has 0 fully saturated rings. The number of rotatable bonds is 2. The predicted molar refractivity (Wildman–Crippen MR) is 65.7 cm³/mol. The van der Waals surface area contributed by atoms with Crippen molar-refractivity contribution in [1.29, 1.82) is 0 Å². The number of aromatic amines is 1. The Morgan fingerprint density at radius 1 is 1.00 bits per heavy atom. The number of anilines is 2. The monoisotopic (exact) mass is 245 g/mol. The molecule has 3 aromatic rings. The summed E-state index contributed by atoms with van der Waals surface area (Å²) in [5.41, 5.74) is 1.04. The van der Waals surface area contributed by atoms with Crippen LogP contribution in [0.2, 0.25) is 0 Å². The zero-order chi connectivity index (χ0) is 12.5. The topological polar surface area (TPSA) is 40.7 Å². The van der Waals surface area contributed by atoms with Crippen LogP contribution in [-0.2, 0) is 0 Å². The molecule has 2 aromatic heterocycles. The van der Waals surface area contributed by atoms with Gasteiger partial charge < -0.3 is 10.3 Å². The van der Waals surface area contributed by atoms with Crippen molar-refractivity contribution in [3.05, 3.63) is 54.2 Å². The van der Waals surface area contributed by atoms with E-state index >= 15 is 0 Å². The van der Waals surface area contributed by atoms with Gasteiger partial charge >= 0.3 is 0 Å². The molecule has 0 unspecified atom stereocenters. The van der Waals surface area contributed by atoms with Gasteiger partial charge in [0.15, 0.2) is 0 Å². The van der Waals surface area contributed by atoms with Crippen molar-refractivity contribution < 1.29 is 8.78 Å². The lowest BCUT2D eigenvalue weighted by molar-refractivity contribution is 0.584. The van der Waals surface area contributed by atoms with Crippen LogP contribution in [0.4, 0.5) is 20.3 Å². The molecule has 0 aliphatic rings. The van der Waals surface area contributed by atoms with E-state index in [1.807, 2.05) is 12.1 Å². The van der Waals surface area contributed by atoms with E-state index in [1.54, 1.807) is 12.3 Å². The summed E-state index contributed by atoms with van der Waals surface area (Å²) in [6, 6.07) is 8.77. The molecule has 0 radical (unpaired) electrons. The maximum Gasteiger partial charge on any atom is 0.139 e. The fourth-order valence-corrected chi connectivity index (χ4v) is 1.77. The van der Waals surface area contributed by atoms with Crippen LogP contribution in [-0.4, -0.2) is 9.97 Å². The third-order valence-electron chi connectivity index (χ3n) is 2.54. The molecule has 2 heterocycles. The summed E-state index contributed by atoms with van der Waals surface area (Å²) in [5, 5.41) is 3.83. The number of pyridine rings is 1. The lowest BCUT2D eigenvalue weighted by atomic mass is 10.3. The number of halogens is 2. The van der Waals surface area contributed by atoms with Crippen molar-refractivity contribution in [2.45, 2.75) is 0 Å². The van der Waals surface area contributed by atoms with Crippen molar-refractivity contribution in [3.8, 4) is 0 Å². The summed E-state index contributed by atoms with van der Waals surface area (Å²) >= 11 is 0. The molecule has 0 amide bonds. The summed E-state index contributed by atoms with van der Waals surface area (Å²) < 4.78 is 26.1. The Balaban J connectivity index is 1.95. The van der Waals surface area contributed by atoms with Crippen molar-refractivity contribution in [2.75, 3.05) is 5.32 Å². The van der Waals surface area contributed by atoms with E-state index in [0.717, 1.165) is 17.1 Å². The van der Waals surface area contributed by atoms with Crippen molar-refractivity contribution in [1.82, 2.24) is 9.97 Å². The van der Waals surface area contributed by atoms with Crippen LogP contribution in [0, 0.1) is 11.6 Å². The van der Waals surface area contributed by atoms with Gasteiger partial charge in [-0.25, -0.2) is 13.8 Å². The van der Waals surface area contributed by atoms with Gasteiger partial charge in [0.1, 0.15) is 23.1 Å². The second-order valence-corrected chi connectivity index (χ2v) is 3.90. The fraction of sp³-hybridized carbons (Fsp3) is 0. The molecule has 5 heteroatoms. The molecule has 3 nitrogen and oxygen atoms in total. The van der Waals surface area contributed by atoms with Gasteiger partial charge in [-0.2, -0.15) is 0 Å². The maximum atomic E-state index is 13.0. The SMILES string of the molecule is Fc1cc(F)cc(Nc2ccc3cc[nH]c3n2)c1. The number of nitrogens with one attached hydrogen (secondary N) is 2. The van der Waals surface area contributed by atoms with Crippen LogP contribution in [0.15, 0.2) is 42.6 Å². The smallest absolute Gasteiger partial charge is 0.139 e. The predicted octanol–water partition coefficient (Wildman–Crippen LogP) is 3.58. The van der Waals surface area contributed by atoms with E-state index in [1.165, 1.54) is 12.1 Å². The van der Waals surface area contributed by atoms with E-state index in [4.69, 9.17) is 0 Å². The van der Waals surface area contributed by atoms with Crippen LogP contribution < -0.4 is 5.32 Å². The average Bonchev–Trinajstić information content (AvgIpc) is 2.74. The van der Waals surface area contributed by atoms with E-state index < -0.39 is 11.6 Å². The highest BCUT2D eigenvalue weighted by Crippen LogP contribution is 2.19. The summed E-state index contributed by atoms with van der Waals surface area (Å²) in [4.78, 5) is 7.25. The number of hydrogen-bond donors (Lipinski definition) is 2. The third kappa shape index (κ3) is 2.02. The first-order valence-corrected chi connectivity index (χ1v) is 5.38. The Morgan fingerprint density at radius 3 is 2.56 bits per heavy atom. The normalized spacial score (nSPS) is 10.8. The van der Waals surface area contributed by atoms with Gasteiger partial charge in [0, 0.05) is 23.3 Å². The average molecular weight is 245 g/mol. The van der Waals surface area contributed by atoms with Gasteiger partial charge in [0.05, 0.1) is 0 Å². The molecule has 0 aliphatic carbocycles. The van der Waals surface area contributed by atoms with Crippen molar-refractivity contribution in [3.63, 3.8) is 0 Å². The number of fused-ring (bicyclic) bond motifs is 1. The van der Waals surface area contributed by atoms with Gasteiger partial charge in [0.2, 0.25) is 0 Å². The number of H-pyrrole nitrogens is 1. The molecule has 0 spiro atoms. The Hall–Kier alpha value is -2.43. The zero-order valence-corrected chi connectivity index (χ0v) is 9.24. The fourth-order valence-electron chi connectivity index (χ4n) is 1.77. The molecular formula is C13H9F2N3. The highest BCUT2D eigenvalue weighted by molar-refractivity contribution is 5.77. The zero-order valence-electron chi connectivity index (χ0n) is 9.24. The number of aromatic nitrogens is 2. The maximum absolute atomic E-state index is 13.0. The highest BCUT2D eigenvalue weighted by atomic mass is 19.1. The highest BCUT2D eigenvalue weighted by Gasteiger charge is 2.03. The van der Waals surface area contributed by atoms with E-state index in [-0.39, 0.29) is 0 Å². The van der Waals surface area contributed by atoms with Gasteiger partial charge in [-0.3, -0.25) is 0 Å². The van der Waals surface area contributed by atoms with Crippen LogP contribution in [0.1, 0.15) is 0 Å². The molecule has 3 rings (SSSR count). The van der Waals surface area contributed by atoms with Crippen molar-refractivity contribution >= 4 is 22.5 Å². The number of benzene rings is 1. The van der Waals surface area contributed by atoms with Gasteiger partial charge in [-0.1, -0.05) is 0 Å². The second-order valence-electron chi connectivity index (χ2n) is 3.90. The van der Waals surface area contributed by atoms with E-state index in [2.05, 4.69) is 15.3 Å². The molecule has 0 aliphatic heterocycles. The Labute approximate surface area is 101 Å². The van der Waals surface area contributed by atoms with E-state index in [9.17, 15) is 8.78 Å². The van der Waals surface area contributed by atoms with Crippen molar-refractivity contribution in [2.24, 2.45) is 0 Å². The molecule has 18 heavy (non-hydrogen) atoms. The number of nitrogens with zero attached hydrogens (tertiary/aromatic N) is 1. The minimum atomic E-state index is -0.626. The largest absolute Gasteiger partial charge is 0.346 e. The summed E-state index contributed by atoms with van der Waals surface area (Å²) in [7, 11) is 0. The Kier molecular flexibility index (Phi) is 2.44. The quantitative estimate of drug-likeness (QED) is 0.724. The summed E-state index contributed by atoms with van der Waals surface area (Å²) in [5.74, 6) is -0.730. The molecule has 90 valence electrons. The standard InChI is InChI=1S/C13H9F2N3/c14-9-5-10(15)7-11(6-9)17-12-2-1-8-3-4-16-13(8)18-12/h1-7H,(H2,16,17,18). The Morgan fingerprint density at radius 2 is 1.78 bits per heavy atom. The first kappa shape index (κ1) is 10.7. The van der Waals surface area contributed by atoms with E-state index in [0.29, 0.717) is 11.5 Å². The molecule has 0 saturated heterocycles. The van der Waals surface area contributed by atoms with Gasteiger partial charge in [-0.15, -0.1) is 0 Å². The van der Waals surface area contributed by atoms with Crippen LogP contribution >= 0.6 is 0 Å². The summed E-state index contributed by atoms with van der Waals surface area (Å²) in [6.45, 7) is 0.